The molecule has 0 radical (unpaired) electrons. The van der Waals surface area contributed by atoms with Gasteiger partial charge in [-0.25, -0.2) is 8.42 Å². The monoisotopic (exact) mass is 304 g/mol. The van der Waals surface area contributed by atoms with Gasteiger partial charge in [0.05, 0.1) is 10.6 Å². The summed E-state index contributed by atoms with van der Waals surface area (Å²) >= 11 is 0. The van der Waals surface area contributed by atoms with Crippen LogP contribution in [-0.2, 0) is 16.6 Å². The van der Waals surface area contributed by atoms with Crippen LogP contribution < -0.4 is 10.0 Å². The highest BCUT2D eigenvalue weighted by Gasteiger charge is 2.16. The number of aryl methyl sites for hydroxylation is 2. The summed E-state index contributed by atoms with van der Waals surface area (Å²) in [5.74, 6) is 0. The van der Waals surface area contributed by atoms with E-state index in [2.05, 4.69) is 10.0 Å². The van der Waals surface area contributed by atoms with Crippen LogP contribution in [0.2, 0.25) is 0 Å². The molecule has 21 heavy (non-hydrogen) atoms. The van der Waals surface area contributed by atoms with Crippen molar-refractivity contribution in [1.82, 2.24) is 5.32 Å². The Morgan fingerprint density at radius 1 is 1.00 bits per heavy atom. The van der Waals surface area contributed by atoms with Crippen LogP contribution in [0.4, 0.5) is 5.69 Å². The van der Waals surface area contributed by atoms with Crippen molar-refractivity contribution in [2.75, 3.05) is 11.8 Å². The molecule has 2 rings (SSSR count). The molecule has 0 aliphatic carbocycles. The van der Waals surface area contributed by atoms with Crippen LogP contribution in [0.15, 0.2) is 47.4 Å². The van der Waals surface area contributed by atoms with Gasteiger partial charge in [0.15, 0.2) is 0 Å². The van der Waals surface area contributed by atoms with E-state index < -0.39 is 10.0 Å². The maximum absolute atomic E-state index is 12.5. The van der Waals surface area contributed by atoms with E-state index >= 15 is 0 Å². The third-order valence-corrected chi connectivity index (χ3v) is 4.78. The molecule has 0 unspecified atom stereocenters. The lowest BCUT2D eigenvalue weighted by Crippen LogP contribution is -2.16. The van der Waals surface area contributed by atoms with Gasteiger partial charge in [-0.1, -0.05) is 24.3 Å². The molecule has 0 aliphatic heterocycles. The van der Waals surface area contributed by atoms with E-state index in [0.717, 1.165) is 16.7 Å². The van der Waals surface area contributed by atoms with Crippen molar-refractivity contribution in [3.05, 3.63) is 59.2 Å². The van der Waals surface area contributed by atoms with Crippen LogP contribution in [0.1, 0.15) is 16.7 Å². The minimum atomic E-state index is -3.57. The number of anilines is 1. The van der Waals surface area contributed by atoms with Gasteiger partial charge in [0, 0.05) is 6.54 Å². The molecule has 2 N–H and O–H groups in total. The van der Waals surface area contributed by atoms with E-state index in [1.54, 1.807) is 18.2 Å². The normalized spacial score (nSPS) is 11.4. The van der Waals surface area contributed by atoms with Crippen molar-refractivity contribution < 1.29 is 8.42 Å². The van der Waals surface area contributed by atoms with Crippen LogP contribution in [0, 0.1) is 13.8 Å². The summed E-state index contributed by atoms with van der Waals surface area (Å²) in [4.78, 5) is 0.282. The van der Waals surface area contributed by atoms with Gasteiger partial charge >= 0.3 is 0 Å². The third kappa shape index (κ3) is 3.62. The maximum Gasteiger partial charge on any atom is 0.261 e. The van der Waals surface area contributed by atoms with Gasteiger partial charge in [0.1, 0.15) is 0 Å². The molecule has 0 heterocycles. The van der Waals surface area contributed by atoms with Crippen LogP contribution >= 0.6 is 0 Å². The smallest absolute Gasteiger partial charge is 0.261 e. The van der Waals surface area contributed by atoms with E-state index in [4.69, 9.17) is 0 Å². The number of para-hydroxylation sites is 1. The summed E-state index contributed by atoms with van der Waals surface area (Å²) in [5, 5.41) is 3.03. The molecule has 4 nitrogen and oxygen atoms in total. The first kappa shape index (κ1) is 15.5. The average molecular weight is 304 g/mol. The molecule has 0 fully saturated rings. The third-order valence-electron chi connectivity index (χ3n) is 3.42. The minimum Gasteiger partial charge on any atom is -0.316 e. The molecule has 0 aliphatic rings. The zero-order chi connectivity index (χ0) is 15.5. The molecular weight excluding hydrogens is 284 g/mol. The second-order valence-electron chi connectivity index (χ2n) is 5.04. The zero-order valence-corrected chi connectivity index (χ0v) is 13.3. The van der Waals surface area contributed by atoms with Crippen molar-refractivity contribution in [2.24, 2.45) is 0 Å². The van der Waals surface area contributed by atoms with Crippen molar-refractivity contribution >= 4 is 15.7 Å². The predicted octanol–water partition coefficient (Wildman–Crippen LogP) is 2.82. The number of hydrogen-bond donors (Lipinski definition) is 2. The lowest BCUT2D eigenvalue weighted by Gasteiger charge is -2.13. The Kier molecular flexibility index (Phi) is 4.65. The molecule has 0 saturated heterocycles. The van der Waals surface area contributed by atoms with E-state index in [1.165, 1.54) is 0 Å². The van der Waals surface area contributed by atoms with Gasteiger partial charge in [-0.2, -0.15) is 0 Å². The van der Waals surface area contributed by atoms with E-state index in [-0.39, 0.29) is 4.90 Å². The molecule has 112 valence electrons. The fourth-order valence-electron chi connectivity index (χ4n) is 2.05. The van der Waals surface area contributed by atoms with E-state index in [1.807, 2.05) is 45.2 Å². The summed E-state index contributed by atoms with van der Waals surface area (Å²) < 4.78 is 27.6. The molecule has 0 atom stereocenters. The van der Waals surface area contributed by atoms with E-state index in [9.17, 15) is 8.42 Å². The summed E-state index contributed by atoms with van der Waals surface area (Å²) in [6.45, 7) is 4.47. The molecule has 0 aromatic heterocycles. The lowest BCUT2D eigenvalue weighted by molar-refractivity contribution is 0.601. The number of rotatable bonds is 5. The van der Waals surface area contributed by atoms with Gasteiger partial charge in [0.2, 0.25) is 0 Å². The summed E-state index contributed by atoms with van der Waals surface area (Å²) in [7, 11) is -1.74. The molecule has 0 amide bonds. The number of hydrogen-bond acceptors (Lipinski definition) is 3. The van der Waals surface area contributed by atoms with Crippen molar-refractivity contribution in [1.29, 1.82) is 0 Å². The SMILES string of the molecule is CNCc1ccccc1NS(=O)(=O)c1ccc(C)c(C)c1. The van der Waals surface area contributed by atoms with Crippen LogP contribution in [0.5, 0.6) is 0 Å². The maximum atomic E-state index is 12.5. The van der Waals surface area contributed by atoms with Crippen LogP contribution in [-0.4, -0.2) is 15.5 Å². The first-order valence-corrected chi connectivity index (χ1v) is 8.25. The summed E-state index contributed by atoms with van der Waals surface area (Å²) in [6.07, 6.45) is 0. The van der Waals surface area contributed by atoms with Gasteiger partial charge in [-0.15, -0.1) is 0 Å². The zero-order valence-electron chi connectivity index (χ0n) is 12.5. The van der Waals surface area contributed by atoms with Crippen LogP contribution in [0.25, 0.3) is 0 Å². The number of sulfonamides is 1. The minimum absolute atomic E-state index is 0.282. The Morgan fingerprint density at radius 2 is 1.71 bits per heavy atom. The topological polar surface area (TPSA) is 58.2 Å². The van der Waals surface area contributed by atoms with Crippen molar-refractivity contribution in [2.45, 2.75) is 25.3 Å². The highest BCUT2D eigenvalue weighted by Crippen LogP contribution is 2.21. The Labute approximate surface area is 126 Å². The number of nitrogens with one attached hydrogen (secondary N) is 2. The molecular formula is C16H20N2O2S. The highest BCUT2D eigenvalue weighted by atomic mass is 32.2. The molecule has 5 heteroatoms. The second-order valence-corrected chi connectivity index (χ2v) is 6.72. The van der Waals surface area contributed by atoms with E-state index in [0.29, 0.717) is 12.2 Å². The van der Waals surface area contributed by atoms with Gasteiger partial charge in [0.25, 0.3) is 10.0 Å². The molecule has 2 aromatic carbocycles. The van der Waals surface area contributed by atoms with Gasteiger partial charge in [-0.3, -0.25) is 4.72 Å². The van der Waals surface area contributed by atoms with Crippen molar-refractivity contribution in [3.63, 3.8) is 0 Å². The summed E-state index contributed by atoms with van der Waals surface area (Å²) in [5.41, 5.74) is 3.54. The largest absolute Gasteiger partial charge is 0.316 e. The Morgan fingerprint density at radius 3 is 2.38 bits per heavy atom. The van der Waals surface area contributed by atoms with Gasteiger partial charge < -0.3 is 5.32 Å². The first-order valence-electron chi connectivity index (χ1n) is 6.76. The molecule has 0 saturated carbocycles. The lowest BCUT2D eigenvalue weighted by atomic mass is 10.1. The first-order chi connectivity index (χ1) is 9.94. The van der Waals surface area contributed by atoms with Crippen molar-refractivity contribution in [3.8, 4) is 0 Å². The standard InChI is InChI=1S/C16H20N2O2S/c1-12-8-9-15(10-13(12)2)21(19,20)18-16-7-5-4-6-14(16)11-17-3/h4-10,17-18H,11H2,1-3H3. The predicted molar refractivity (Wildman–Crippen MR) is 85.9 cm³/mol. The number of benzene rings is 2. The Hall–Kier alpha value is -1.85. The molecule has 0 spiro atoms. The quantitative estimate of drug-likeness (QED) is 0.893. The van der Waals surface area contributed by atoms with Crippen LogP contribution in [0.3, 0.4) is 0 Å². The molecule has 2 aromatic rings. The fraction of sp³-hybridized carbons (Fsp3) is 0.250. The second kappa shape index (κ2) is 6.28. The van der Waals surface area contributed by atoms with Gasteiger partial charge in [-0.05, 0) is 55.8 Å². The molecule has 0 bridgehead atoms. The Bertz CT molecular complexity index is 740. The highest BCUT2D eigenvalue weighted by molar-refractivity contribution is 7.92. The summed E-state index contributed by atoms with van der Waals surface area (Å²) in [6, 6.07) is 12.5. The fourth-order valence-corrected chi connectivity index (χ4v) is 3.23. The Balaban J connectivity index is 2.35. The average Bonchev–Trinajstić information content (AvgIpc) is 2.44.